The molecule has 1 aliphatic heterocycles. The van der Waals surface area contributed by atoms with Gasteiger partial charge in [-0.15, -0.1) is 0 Å². The van der Waals surface area contributed by atoms with E-state index in [2.05, 4.69) is 182 Å². The Kier molecular flexibility index (Phi) is 7.39. The summed E-state index contributed by atoms with van der Waals surface area (Å²) < 4.78 is 6.68. The Bertz CT molecular complexity index is 2830. The van der Waals surface area contributed by atoms with E-state index in [1.807, 2.05) is 24.3 Å². The minimum absolute atomic E-state index is 0.499. The quantitative estimate of drug-likeness (QED) is 0.178. The molecule has 1 spiro atoms. The van der Waals surface area contributed by atoms with Crippen LogP contribution in [0.5, 0.6) is 11.5 Å². The molecule has 1 aromatic heterocycles. The zero-order valence-electron chi connectivity index (χ0n) is 30.4. The van der Waals surface area contributed by atoms with Crippen LogP contribution in [0, 0.1) is 0 Å². The minimum atomic E-state index is -0.499. The van der Waals surface area contributed by atoms with Crippen molar-refractivity contribution in [2.45, 2.75) is 5.41 Å². The molecule has 0 amide bonds. The Hall–Kier alpha value is -7.36. The first-order chi connectivity index (χ1) is 27.8. The smallest absolute Gasteiger partial charge is 0.160 e. The fourth-order valence-electron chi connectivity index (χ4n) is 8.89. The lowest BCUT2D eigenvalue weighted by atomic mass is 9.66. The Balaban J connectivity index is 1.02. The predicted molar refractivity (Wildman–Crippen MR) is 227 cm³/mol. The second kappa shape index (κ2) is 12.9. The molecule has 0 unspecified atom stereocenters. The summed E-state index contributed by atoms with van der Waals surface area (Å²) in [6.07, 6.45) is 0. The molecule has 0 atom stereocenters. The number of benzene rings is 8. The van der Waals surface area contributed by atoms with Gasteiger partial charge >= 0.3 is 0 Å². The van der Waals surface area contributed by atoms with Crippen LogP contribution in [0.15, 0.2) is 206 Å². The number of rotatable bonds is 5. The molecule has 0 N–H and O–H groups in total. The molecule has 0 fully saturated rings. The highest BCUT2D eigenvalue weighted by Gasteiger charge is 2.51. The molecule has 0 saturated heterocycles. The first kappa shape index (κ1) is 32.1. The van der Waals surface area contributed by atoms with Gasteiger partial charge in [-0.05, 0) is 68.8 Å². The third kappa shape index (κ3) is 4.98. The number of hydrogen-bond donors (Lipinski definition) is 0. The standard InChI is InChI=1S/C53H34N2O/c1-3-15-37(16-4-1)48-34-49(55-52(54-48)38-17-5-2-6-18-38)43-22-8-7-19-40(43)36-29-27-35(28-30-36)39-31-32-51-47(33-39)53(46-25-13-14-26-50(46)56-51)44-23-11-9-20-41(44)42-21-10-12-24-45(42)53/h1-34H. The molecular formula is C53H34N2O. The molecule has 3 nitrogen and oxygen atoms in total. The van der Waals surface area contributed by atoms with E-state index in [-0.39, 0.29) is 0 Å². The monoisotopic (exact) mass is 714 g/mol. The van der Waals surface area contributed by atoms with Crippen LogP contribution in [0.4, 0.5) is 0 Å². The van der Waals surface area contributed by atoms with Crippen LogP contribution in [0.2, 0.25) is 0 Å². The van der Waals surface area contributed by atoms with Crippen LogP contribution in [0.3, 0.4) is 0 Å². The average Bonchev–Trinajstić information content (AvgIpc) is 3.57. The summed E-state index contributed by atoms with van der Waals surface area (Å²) in [6, 6.07) is 73.1. The topological polar surface area (TPSA) is 35.0 Å². The maximum atomic E-state index is 6.68. The van der Waals surface area contributed by atoms with E-state index in [4.69, 9.17) is 14.7 Å². The van der Waals surface area contributed by atoms with Gasteiger partial charge in [0.2, 0.25) is 0 Å². The predicted octanol–water partition coefficient (Wildman–Crippen LogP) is 13.3. The van der Waals surface area contributed by atoms with E-state index in [0.29, 0.717) is 5.82 Å². The Labute approximate surface area is 326 Å². The Morgan fingerprint density at radius 2 is 0.804 bits per heavy atom. The fourth-order valence-corrected chi connectivity index (χ4v) is 8.89. The normalized spacial score (nSPS) is 12.9. The summed E-state index contributed by atoms with van der Waals surface area (Å²) in [5.41, 5.74) is 16.4. The van der Waals surface area contributed by atoms with Crippen LogP contribution >= 0.6 is 0 Å². The van der Waals surface area contributed by atoms with Gasteiger partial charge in [-0.2, -0.15) is 0 Å². The molecule has 9 aromatic rings. The summed E-state index contributed by atoms with van der Waals surface area (Å²) in [7, 11) is 0. The van der Waals surface area contributed by atoms with E-state index in [9.17, 15) is 0 Å². The summed E-state index contributed by atoms with van der Waals surface area (Å²) >= 11 is 0. The van der Waals surface area contributed by atoms with Gasteiger partial charge in [-0.1, -0.05) is 182 Å². The number of aromatic nitrogens is 2. The second-order valence-electron chi connectivity index (χ2n) is 14.5. The summed E-state index contributed by atoms with van der Waals surface area (Å²) in [5.74, 6) is 2.49. The van der Waals surface area contributed by atoms with Crippen LogP contribution < -0.4 is 4.74 Å². The van der Waals surface area contributed by atoms with Gasteiger partial charge in [0.05, 0.1) is 16.8 Å². The molecule has 8 aromatic carbocycles. The largest absolute Gasteiger partial charge is 0.457 e. The Morgan fingerprint density at radius 1 is 0.304 bits per heavy atom. The number of para-hydroxylation sites is 1. The lowest BCUT2D eigenvalue weighted by Crippen LogP contribution is -2.32. The molecule has 56 heavy (non-hydrogen) atoms. The van der Waals surface area contributed by atoms with Crippen LogP contribution in [0.1, 0.15) is 22.3 Å². The first-order valence-electron chi connectivity index (χ1n) is 19.1. The average molecular weight is 715 g/mol. The van der Waals surface area contributed by atoms with Gasteiger partial charge in [0, 0.05) is 27.8 Å². The second-order valence-corrected chi connectivity index (χ2v) is 14.5. The number of fused-ring (bicyclic) bond motifs is 9. The van der Waals surface area contributed by atoms with Crippen LogP contribution in [-0.4, -0.2) is 9.97 Å². The third-order valence-corrected chi connectivity index (χ3v) is 11.4. The van der Waals surface area contributed by atoms with Crippen molar-refractivity contribution >= 4 is 0 Å². The van der Waals surface area contributed by atoms with Crippen molar-refractivity contribution in [3.8, 4) is 78.8 Å². The SMILES string of the molecule is c1ccc(-c2cc(-c3ccccc3-c3ccc(-c4ccc5c(c4)C4(c6ccccc6O5)c5ccccc5-c5ccccc54)cc3)nc(-c3ccccc3)n2)cc1. The van der Waals surface area contributed by atoms with Gasteiger partial charge in [0.1, 0.15) is 11.5 Å². The van der Waals surface area contributed by atoms with Crippen LogP contribution in [-0.2, 0) is 5.41 Å². The van der Waals surface area contributed by atoms with Crippen LogP contribution in [0.25, 0.3) is 67.3 Å². The van der Waals surface area contributed by atoms with Gasteiger partial charge in [0.25, 0.3) is 0 Å². The minimum Gasteiger partial charge on any atom is -0.457 e. The van der Waals surface area contributed by atoms with E-state index < -0.39 is 5.41 Å². The van der Waals surface area contributed by atoms with Gasteiger partial charge < -0.3 is 4.74 Å². The van der Waals surface area contributed by atoms with Gasteiger partial charge in [-0.3, -0.25) is 0 Å². The summed E-state index contributed by atoms with van der Waals surface area (Å²) in [5, 5.41) is 0. The number of hydrogen-bond acceptors (Lipinski definition) is 3. The van der Waals surface area contributed by atoms with Crippen molar-refractivity contribution in [3.05, 3.63) is 229 Å². The lowest BCUT2D eigenvalue weighted by Gasteiger charge is -2.39. The highest BCUT2D eigenvalue weighted by Crippen LogP contribution is 2.62. The molecule has 2 heterocycles. The maximum absolute atomic E-state index is 6.68. The molecule has 262 valence electrons. The lowest BCUT2D eigenvalue weighted by molar-refractivity contribution is 0.436. The molecule has 3 heteroatoms. The number of nitrogens with zero attached hydrogens (tertiary/aromatic N) is 2. The molecule has 2 aliphatic rings. The van der Waals surface area contributed by atoms with E-state index in [1.165, 1.54) is 27.8 Å². The molecule has 0 radical (unpaired) electrons. The van der Waals surface area contributed by atoms with Crippen molar-refractivity contribution in [1.29, 1.82) is 0 Å². The van der Waals surface area contributed by atoms with Crippen molar-refractivity contribution in [2.75, 3.05) is 0 Å². The molecular weight excluding hydrogens is 681 g/mol. The van der Waals surface area contributed by atoms with E-state index >= 15 is 0 Å². The van der Waals surface area contributed by atoms with E-state index in [0.717, 1.165) is 67.4 Å². The zero-order chi connectivity index (χ0) is 37.1. The summed E-state index contributed by atoms with van der Waals surface area (Å²) in [6.45, 7) is 0. The highest BCUT2D eigenvalue weighted by molar-refractivity contribution is 5.90. The number of ether oxygens (including phenoxy) is 1. The first-order valence-corrected chi connectivity index (χ1v) is 19.1. The summed E-state index contributed by atoms with van der Waals surface area (Å²) in [4.78, 5) is 10.2. The molecule has 1 aliphatic carbocycles. The Morgan fingerprint density at radius 3 is 1.50 bits per heavy atom. The molecule has 0 saturated carbocycles. The third-order valence-electron chi connectivity index (χ3n) is 11.4. The van der Waals surface area contributed by atoms with Crippen molar-refractivity contribution in [2.24, 2.45) is 0 Å². The molecule has 0 bridgehead atoms. The van der Waals surface area contributed by atoms with Gasteiger partial charge in [-0.25, -0.2) is 9.97 Å². The zero-order valence-corrected chi connectivity index (χ0v) is 30.4. The fraction of sp³-hybridized carbons (Fsp3) is 0.0189. The highest BCUT2D eigenvalue weighted by atomic mass is 16.5. The van der Waals surface area contributed by atoms with Crippen molar-refractivity contribution < 1.29 is 4.74 Å². The van der Waals surface area contributed by atoms with Gasteiger partial charge in [0.15, 0.2) is 5.82 Å². The maximum Gasteiger partial charge on any atom is 0.160 e. The van der Waals surface area contributed by atoms with E-state index in [1.54, 1.807) is 0 Å². The van der Waals surface area contributed by atoms with Crippen molar-refractivity contribution in [3.63, 3.8) is 0 Å². The van der Waals surface area contributed by atoms with Crippen molar-refractivity contribution in [1.82, 2.24) is 9.97 Å². The molecule has 11 rings (SSSR count).